The molecule has 1 fully saturated rings. The van der Waals surface area contributed by atoms with Crippen LogP contribution < -0.4 is 5.32 Å². The van der Waals surface area contributed by atoms with E-state index in [1.807, 2.05) is 37.3 Å². The highest BCUT2D eigenvalue weighted by molar-refractivity contribution is 5.95. The number of H-pyrrole nitrogens is 1. The first-order valence-electron chi connectivity index (χ1n) is 7.31. The zero-order valence-corrected chi connectivity index (χ0v) is 12.0. The maximum absolute atomic E-state index is 12.4. The number of ether oxygens (including phenoxy) is 1. The maximum Gasteiger partial charge on any atom is 0.231 e. The average Bonchev–Trinajstić information content (AvgIpc) is 3.16. The number of benzene rings is 1. The minimum Gasteiger partial charge on any atom is -0.377 e. The smallest absolute Gasteiger partial charge is 0.231 e. The minimum absolute atomic E-state index is 0.000723. The predicted octanol–water partition coefficient (Wildman–Crippen LogP) is 2.83. The summed E-state index contributed by atoms with van der Waals surface area (Å²) in [6.07, 6.45) is 3.38. The Labute approximate surface area is 123 Å². The van der Waals surface area contributed by atoms with Gasteiger partial charge in [0, 0.05) is 12.2 Å². The van der Waals surface area contributed by atoms with Gasteiger partial charge in [0.2, 0.25) is 5.91 Å². The molecule has 2 atom stereocenters. The van der Waals surface area contributed by atoms with Gasteiger partial charge in [-0.2, -0.15) is 5.10 Å². The van der Waals surface area contributed by atoms with Crippen molar-refractivity contribution in [2.24, 2.45) is 5.92 Å². The summed E-state index contributed by atoms with van der Waals surface area (Å²) in [5.74, 6) is 0.565. The van der Waals surface area contributed by atoms with E-state index >= 15 is 0 Å². The molecular formula is C16H19N3O2. The van der Waals surface area contributed by atoms with Gasteiger partial charge in [0.15, 0.2) is 0 Å². The molecule has 1 saturated heterocycles. The monoisotopic (exact) mass is 285 g/mol. The molecule has 5 nitrogen and oxygen atoms in total. The first kappa shape index (κ1) is 13.8. The Morgan fingerprint density at radius 2 is 2.24 bits per heavy atom. The molecular weight excluding hydrogens is 266 g/mol. The molecule has 1 aliphatic rings. The SMILES string of the molecule is CC[C@@H]1OCC[C@H]1C(=O)Nc1[nH]ncc1-c1ccccc1. The molecule has 21 heavy (non-hydrogen) atoms. The van der Waals surface area contributed by atoms with Crippen molar-refractivity contribution in [2.45, 2.75) is 25.9 Å². The number of hydrogen-bond donors (Lipinski definition) is 2. The Bertz CT molecular complexity index is 609. The molecule has 2 heterocycles. The highest BCUT2D eigenvalue weighted by Crippen LogP contribution is 2.28. The molecule has 0 unspecified atom stereocenters. The number of carbonyl (C=O) groups is 1. The number of anilines is 1. The van der Waals surface area contributed by atoms with Crippen LogP contribution in [0.15, 0.2) is 36.5 Å². The van der Waals surface area contributed by atoms with Crippen LogP contribution in [-0.4, -0.2) is 28.8 Å². The Morgan fingerprint density at radius 1 is 1.43 bits per heavy atom. The third kappa shape index (κ3) is 2.83. The highest BCUT2D eigenvalue weighted by Gasteiger charge is 2.33. The van der Waals surface area contributed by atoms with E-state index in [4.69, 9.17) is 4.74 Å². The van der Waals surface area contributed by atoms with Gasteiger partial charge < -0.3 is 10.1 Å². The van der Waals surface area contributed by atoms with Gasteiger partial charge in [-0.25, -0.2) is 0 Å². The zero-order valence-electron chi connectivity index (χ0n) is 12.0. The van der Waals surface area contributed by atoms with Gasteiger partial charge in [0.1, 0.15) is 5.82 Å². The van der Waals surface area contributed by atoms with Crippen molar-refractivity contribution in [3.63, 3.8) is 0 Å². The standard InChI is InChI=1S/C16H19N3O2/c1-2-14-12(8-9-21-14)16(20)18-15-13(10-17-19-15)11-6-4-3-5-7-11/h3-7,10,12,14H,2,8-9H2,1H3,(H2,17,18,19,20)/t12-,14+/m1/s1. The molecule has 1 aromatic carbocycles. The Kier molecular flexibility index (Phi) is 4.01. The number of rotatable bonds is 4. The number of aromatic nitrogens is 2. The maximum atomic E-state index is 12.4. The Morgan fingerprint density at radius 3 is 3.00 bits per heavy atom. The molecule has 3 rings (SSSR count). The lowest BCUT2D eigenvalue weighted by atomic mass is 9.98. The normalized spacial score (nSPS) is 21.4. The lowest BCUT2D eigenvalue weighted by molar-refractivity contribution is -0.121. The van der Waals surface area contributed by atoms with Crippen LogP contribution >= 0.6 is 0 Å². The second-order valence-corrected chi connectivity index (χ2v) is 5.23. The van der Waals surface area contributed by atoms with E-state index in [1.165, 1.54) is 0 Å². The minimum atomic E-state index is -0.0816. The first-order chi connectivity index (χ1) is 10.3. The van der Waals surface area contributed by atoms with Crippen LogP contribution in [0.25, 0.3) is 11.1 Å². The van der Waals surface area contributed by atoms with Crippen molar-refractivity contribution in [2.75, 3.05) is 11.9 Å². The third-order valence-electron chi connectivity index (χ3n) is 3.92. The van der Waals surface area contributed by atoms with Crippen molar-refractivity contribution in [1.29, 1.82) is 0 Å². The molecule has 0 radical (unpaired) electrons. The van der Waals surface area contributed by atoms with E-state index in [1.54, 1.807) is 6.20 Å². The van der Waals surface area contributed by atoms with Crippen LogP contribution in [0.2, 0.25) is 0 Å². The van der Waals surface area contributed by atoms with E-state index < -0.39 is 0 Å². The Balaban J connectivity index is 1.77. The Hall–Kier alpha value is -2.14. The van der Waals surface area contributed by atoms with Crippen LogP contribution in [0.4, 0.5) is 5.82 Å². The van der Waals surface area contributed by atoms with Crippen molar-refractivity contribution in [3.8, 4) is 11.1 Å². The molecule has 1 amide bonds. The summed E-state index contributed by atoms with van der Waals surface area (Å²) in [6.45, 7) is 2.70. The van der Waals surface area contributed by atoms with Crippen molar-refractivity contribution in [3.05, 3.63) is 36.5 Å². The molecule has 1 aromatic heterocycles. The topological polar surface area (TPSA) is 67.0 Å². The lowest BCUT2D eigenvalue weighted by Gasteiger charge is -2.16. The summed E-state index contributed by atoms with van der Waals surface area (Å²) in [5, 5.41) is 9.87. The van der Waals surface area contributed by atoms with Gasteiger partial charge in [-0.3, -0.25) is 9.89 Å². The lowest BCUT2D eigenvalue weighted by Crippen LogP contribution is -2.29. The molecule has 0 aliphatic carbocycles. The summed E-state index contributed by atoms with van der Waals surface area (Å²) in [4.78, 5) is 12.4. The molecule has 1 aliphatic heterocycles. The quantitative estimate of drug-likeness (QED) is 0.907. The molecule has 2 N–H and O–H groups in total. The zero-order chi connectivity index (χ0) is 14.7. The number of carbonyl (C=O) groups excluding carboxylic acids is 1. The average molecular weight is 285 g/mol. The fourth-order valence-corrected chi connectivity index (χ4v) is 2.78. The highest BCUT2D eigenvalue weighted by atomic mass is 16.5. The molecule has 0 bridgehead atoms. The summed E-state index contributed by atoms with van der Waals surface area (Å²) >= 11 is 0. The van der Waals surface area contributed by atoms with E-state index in [0.717, 1.165) is 24.0 Å². The molecule has 2 aromatic rings. The van der Waals surface area contributed by atoms with Crippen LogP contribution in [0, 0.1) is 5.92 Å². The number of aromatic amines is 1. The largest absolute Gasteiger partial charge is 0.377 e. The summed E-state index contributed by atoms with van der Waals surface area (Å²) in [7, 11) is 0. The summed E-state index contributed by atoms with van der Waals surface area (Å²) in [5.41, 5.74) is 1.92. The van der Waals surface area contributed by atoms with Gasteiger partial charge in [0.25, 0.3) is 0 Å². The summed E-state index contributed by atoms with van der Waals surface area (Å²) in [6, 6.07) is 9.88. The first-order valence-corrected chi connectivity index (χ1v) is 7.31. The van der Waals surface area contributed by atoms with Crippen LogP contribution in [-0.2, 0) is 9.53 Å². The second kappa shape index (κ2) is 6.10. The van der Waals surface area contributed by atoms with Gasteiger partial charge in [0.05, 0.1) is 18.2 Å². The number of nitrogens with one attached hydrogen (secondary N) is 2. The van der Waals surface area contributed by atoms with Crippen LogP contribution in [0.3, 0.4) is 0 Å². The fraction of sp³-hybridized carbons (Fsp3) is 0.375. The van der Waals surface area contributed by atoms with E-state index in [9.17, 15) is 4.79 Å². The van der Waals surface area contributed by atoms with E-state index in [2.05, 4.69) is 15.5 Å². The van der Waals surface area contributed by atoms with E-state index in [-0.39, 0.29) is 17.9 Å². The fourth-order valence-electron chi connectivity index (χ4n) is 2.78. The molecule has 5 heteroatoms. The van der Waals surface area contributed by atoms with Gasteiger partial charge in [-0.1, -0.05) is 37.3 Å². The van der Waals surface area contributed by atoms with Crippen molar-refractivity contribution >= 4 is 11.7 Å². The molecule has 0 saturated carbocycles. The van der Waals surface area contributed by atoms with E-state index in [0.29, 0.717) is 12.4 Å². The van der Waals surface area contributed by atoms with Crippen molar-refractivity contribution < 1.29 is 9.53 Å². The van der Waals surface area contributed by atoms with Crippen LogP contribution in [0.1, 0.15) is 19.8 Å². The van der Waals surface area contributed by atoms with Gasteiger partial charge in [-0.05, 0) is 18.4 Å². The number of nitrogens with zero attached hydrogens (tertiary/aromatic N) is 1. The molecule has 0 spiro atoms. The predicted molar refractivity (Wildman–Crippen MR) is 80.8 cm³/mol. The van der Waals surface area contributed by atoms with Gasteiger partial charge in [-0.15, -0.1) is 0 Å². The number of amides is 1. The van der Waals surface area contributed by atoms with Gasteiger partial charge >= 0.3 is 0 Å². The van der Waals surface area contributed by atoms with Crippen LogP contribution in [0.5, 0.6) is 0 Å². The molecule has 110 valence electrons. The van der Waals surface area contributed by atoms with Crippen molar-refractivity contribution in [1.82, 2.24) is 10.2 Å². The second-order valence-electron chi connectivity index (χ2n) is 5.23. The summed E-state index contributed by atoms with van der Waals surface area (Å²) < 4.78 is 5.58. The third-order valence-corrected chi connectivity index (χ3v) is 3.92. The number of hydrogen-bond acceptors (Lipinski definition) is 3.